The van der Waals surface area contributed by atoms with Crippen molar-refractivity contribution in [3.63, 3.8) is 0 Å². The minimum Gasteiger partial charge on any atom is -0.372 e. The molecule has 0 saturated carbocycles. The number of benzene rings is 4. The predicted octanol–water partition coefficient (Wildman–Crippen LogP) is 10.1. The van der Waals surface area contributed by atoms with Crippen molar-refractivity contribution >= 4 is 22.5 Å². The lowest BCUT2D eigenvalue weighted by molar-refractivity contribution is 0.865. The molecule has 42 heavy (non-hydrogen) atoms. The van der Waals surface area contributed by atoms with E-state index in [0.717, 1.165) is 39.0 Å². The zero-order chi connectivity index (χ0) is 29.9. The lowest BCUT2D eigenvalue weighted by Crippen LogP contribution is -2.22. The van der Waals surface area contributed by atoms with E-state index in [1.165, 1.54) is 55.9 Å². The van der Waals surface area contributed by atoms with Gasteiger partial charge in [0.2, 0.25) is 0 Å². The zero-order valence-electron chi connectivity index (χ0n) is 26.5. The van der Waals surface area contributed by atoms with Gasteiger partial charge in [0.05, 0.1) is 0 Å². The molecule has 2 nitrogen and oxygen atoms in total. The quantitative estimate of drug-likeness (QED) is 0.151. The molecule has 0 heterocycles. The van der Waals surface area contributed by atoms with Gasteiger partial charge < -0.3 is 9.80 Å². The molecule has 0 fully saturated rings. The van der Waals surface area contributed by atoms with Crippen molar-refractivity contribution in [1.29, 1.82) is 0 Å². The summed E-state index contributed by atoms with van der Waals surface area (Å²) >= 11 is 0. The molecule has 0 N–H and O–H groups in total. The fourth-order valence-electron chi connectivity index (χ4n) is 5.64. The first-order valence-corrected chi connectivity index (χ1v) is 15.9. The highest BCUT2D eigenvalue weighted by atomic mass is 15.1. The van der Waals surface area contributed by atoms with Gasteiger partial charge in [0, 0.05) is 37.6 Å². The van der Waals surface area contributed by atoms with Crippen LogP contribution in [-0.2, 0) is 12.8 Å². The van der Waals surface area contributed by atoms with E-state index >= 15 is 0 Å². The number of allylic oxidation sites excluding steroid dienone is 2. The molecular formula is C40H48N2. The monoisotopic (exact) mass is 556 g/mol. The van der Waals surface area contributed by atoms with Gasteiger partial charge in [-0.25, -0.2) is 0 Å². The minimum atomic E-state index is 0.988. The zero-order valence-corrected chi connectivity index (χ0v) is 26.5. The fraction of sp³-hybridized carbons (Fsp3) is 0.300. The van der Waals surface area contributed by atoms with Gasteiger partial charge in [-0.3, -0.25) is 0 Å². The number of aryl methyl sites for hydroxylation is 2. The number of rotatable bonds is 13. The van der Waals surface area contributed by atoms with Gasteiger partial charge in [-0.05, 0) is 109 Å². The molecular weight excluding hydrogens is 508 g/mol. The van der Waals surface area contributed by atoms with Crippen LogP contribution in [0.4, 0.5) is 11.4 Å². The van der Waals surface area contributed by atoms with E-state index in [4.69, 9.17) is 0 Å². The van der Waals surface area contributed by atoms with E-state index in [1.54, 1.807) is 0 Å². The molecule has 0 radical (unpaired) electrons. The summed E-state index contributed by atoms with van der Waals surface area (Å²) in [6, 6.07) is 36.2. The Labute approximate surface area is 255 Å². The molecule has 218 valence electrons. The molecule has 0 saturated heterocycles. The van der Waals surface area contributed by atoms with E-state index in [1.807, 2.05) is 0 Å². The lowest BCUT2D eigenvalue weighted by atomic mass is 9.92. The summed E-state index contributed by atoms with van der Waals surface area (Å²) in [5, 5.41) is 0. The van der Waals surface area contributed by atoms with Gasteiger partial charge in [-0.1, -0.05) is 98.8 Å². The van der Waals surface area contributed by atoms with E-state index in [0.29, 0.717) is 0 Å². The van der Waals surface area contributed by atoms with Gasteiger partial charge in [-0.15, -0.1) is 0 Å². The van der Waals surface area contributed by atoms with Crippen LogP contribution in [0.2, 0.25) is 0 Å². The molecule has 0 bridgehead atoms. The third-order valence-electron chi connectivity index (χ3n) is 8.33. The predicted molar refractivity (Wildman–Crippen MR) is 186 cm³/mol. The number of nitrogens with zero attached hydrogens (tertiary/aromatic N) is 2. The molecule has 0 aromatic heterocycles. The van der Waals surface area contributed by atoms with Crippen LogP contribution in [0, 0.1) is 0 Å². The Hall–Kier alpha value is -4.04. The van der Waals surface area contributed by atoms with Crippen molar-refractivity contribution in [3.8, 4) is 0 Å². The van der Waals surface area contributed by atoms with Crippen LogP contribution in [0.1, 0.15) is 74.9 Å². The standard InChI is InChI=1S/C40H48N2/c1-7-31-19-23-33(24-20-31)39(34-25-21-32(8-2)22-26-34)27-28-40(35-15-13-17-37(29-35)41(9-3)10-4)36-16-14-18-38(30-36)42(11-5)12-6/h13-30H,7-12H2,1-6H3. The molecule has 0 unspecified atom stereocenters. The number of hydrogen-bond acceptors (Lipinski definition) is 2. The molecule has 4 aromatic carbocycles. The average Bonchev–Trinajstić information content (AvgIpc) is 3.05. The highest BCUT2D eigenvalue weighted by molar-refractivity contribution is 5.87. The third kappa shape index (κ3) is 7.42. The normalized spacial score (nSPS) is 10.7. The smallest absolute Gasteiger partial charge is 0.0372 e. The highest BCUT2D eigenvalue weighted by Gasteiger charge is 2.12. The summed E-state index contributed by atoms with van der Waals surface area (Å²) in [4.78, 5) is 4.83. The van der Waals surface area contributed by atoms with Crippen LogP contribution in [-0.4, -0.2) is 26.2 Å². The van der Waals surface area contributed by atoms with Crippen molar-refractivity contribution in [1.82, 2.24) is 0 Å². The maximum atomic E-state index is 2.42. The van der Waals surface area contributed by atoms with Gasteiger partial charge in [-0.2, -0.15) is 0 Å². The van der Waals surface area contributed by atoms with Crippen molar-refractivity contribution in [2.24, 2.45) is 0 Å². The third-order valence-corrected chi connectivity index (χ3v) is 8.33. The molecule has 4 aromatic rings. The van der Waals surface area contributed by atoms with Crippen molar-refractivity contribution in [2.45, 2.75) is 54.4 Å². The van der Waals surface area contributed by atoms with Crippen molar-refractivity contribution in [3.05, 3.63) is 143 Å². The summed E-state index contributed by atoms with van der Waals surface area (Å²) < 4.78 is 0. The summed E-state index contributed by atoms with van der Waals surface area (Å²) in [7, 11) is 0. The van der Waals surface area contributed by atoms with E-state index in [9.17, 15) is 0 Å². The first-order chi connectivity index (χ1) is 20.5. The largest absolute Gasteiger partial charge is 0.372 e. The molecule has 0 atom stereocenters. The van der Waals surface area contributed by atoms with Crippen molar-refractivity contribution < 1.29 is 0 Å². The van der Waals surface area contributed by atoms with Crippen LogP contribution in [0.25, 0.3) is 11.1 Å². The molecule has 2 heteroatoms. The van der Waals surface area contributed by atoms with Gasteiger partial charge in [0.25, 0.3) is 0 Å². The minimum absolute atomic E-state index is 0.988. The maximum Gasteiger partial charge on any atom is 0.0372 e. The summed E-state index contributed by atoms with van der Waals surface area (Å²) in [5.74, 6) is 0. The molecule has 4 rings (SSSR count). The van der Waals surface area contributed by atoms with E-state index < -0.39 is 0 Å². The van der Waals surface area contributed by atoms with Crippen LogP contribution >= 0.6 is 0 Å². The number of anilines is 2. The Morgan fingerprint density at radius 3 is 1.14 bits per heavy atom. The Balaban J connectivity index is 1.93. The summed E-state index contributed by atoms with van der Waals surface area (Å²) in [6.07, 6.45) is 6.74. The molecule has 0 amide bonds. The second-order valence-corrected chi connectivity index (χ2v) is 10.7. The first kappa shape index (κ1) is 30.9. The van der Waals surface area contributed by atoms with Gasteiger partial charge in [0.15, 0.2) is 0 Å². The molecule has 0 spiro atoms. The van der Waals surface area contributed by atoms with E-state index in [-0.39, 0.29) is 0 Å². The number of hydrogen-bond donors (Lipinski definition) is 0. The Morgan fingerprint density at radius 1 is 0.452 bits per heavy atom. The second kappa shape index (κ2) is 15.3. The first-order valence-electron chi connectivity index (χ1n) is 15.9. The molecule has 0 aliphatic rings. The van der Waals surface area contributed by atoms with Gasteiger partial charge >= 0.3 is 0 Å². The maximum absolute atomic E-state index is 2.42. The lowest BCUT2D eigenvalue weighted by Gasteiger charge is -2.23. The van der Waals surface area contributed by atoms with Crippen LogP contribution in [0.3, 0.4) is 0 Å². The topological polar surface area (TPSA) is 6.48 Å². The molecule has 0 aliphatic carbocycles. The highest BCUT2D eigenvalue weighted by Crippen LogP contribution is 2.32. The SMILES string of the molecule is CCc1ccc(C(=CC=C(c2cccc(N(CC)CC)c2)c2cccc(N(CC)CC)c2)c2ccc(CC)cc2)cc1. The van der Waals surface area contributed by atoms with Crippen LogP contribution in [0.15, 0.2) is 109 Å². The van der Waals surface area contributed by atoms with Gasteiger partial charge in [0.1, 0.15) is 0 Å². The Bertz CT molecular complexity index is 1360. The second-order valence-electron chi connectivity index (χ2n) is 10.7. The van der Waals surface area contributed by atoms with E-state index in [2.05, 4.69) is 161 Å². The average molecular weight is 557 g/mol. The summed E-state index contributed by atoms with van der Waals surface area (Å²) in [5.41, 5.74) is 12.6. The fourth-order valence-corrected chi connectivity index (χ4v) is 5.64. The Kier molecular flexibility index (Phi) is 11.2. The van der Waals surface area contributed by atoms with Crippen LogP contribution < -0.4 is 9.80 Å². The van der Waals surface area contributed by atoms with Crippen molar-refractivity contribution in [2.75, 3.05) is 36.0 Å². The molecule has 0 aliphatic heterocycles. The Morgan fingerprint density at radius 2 is 0.810 bits per heavy atom. The summed E-state index contributed by atoms with van der Waals surface area (Å²) in [6.45, 7) is 17.3. The van der Waals surface area contributed by atoms with Crippen LogP contribution in [0.5, 0.6) is 0 Å².